The van der Waals surface area contributed by atoms with E-state index in [4.69, 9.17) is 9.47 Å². The van der Waals surface area contributed by atoms with Crippen molar-refractivity contribution in [1.82, 2.24) is 20.1 Å². The number of amides is 2. The molecule has 2 amide bonds. The first-order valence-electron chi connectivity index (χ1n) is 14.2. The lowest BCUT2D eigenvalue weighted by Gasteiger charge is -2.13. The average Bonchev–Trinajstić information content (AvgIpc) is 3.59. The van der Waals surface area contributed by atoms with E-state index in [1.807, 2.05) is 60.0 Å². The summed E-state index contributed by atoms with van der Waals surface area (Å²) in [6.45, 7) is 6.91. The number of anilines is 1. The number of nitrogens with one attached hydrogen (secondary N) is 2. The van der Waals surface area contributed by atoms with Crippen LogP contribution < -0.4 is 20.1 Å². The fourth-order valence-electron chi connectivity index (χ4n) is 4.93. The van der Waals surface area contributed by atoms with Gasteiger partial charge in [-0.2, -0.15) is 0 Å². The number of thiophene rings is 1. The summed E-state index contributed by atoms with van der Waals surface area (Å²) in [6, 6.07) is 15.5. The third-order valence-corrected chi connectivity index (χ3v) is 9.23. The molecule has 11 heteroatoms. The monoisotopic (exact) mass is 617 g/mol. The second-order valence-electron chi connectivity index (χ2n) is 10.2. The molecule has 2 aromatic heterocycles. The Morgan fingerprint density at radius 1 is 1.12 bits per heavy atom. The maximum Gasteiger partial charge on any atom is 0.254 e. The topological polar surface area (TPSA) is 107 Å². The molecule has 2 N–H and O–H groups in total. The molecule has 5 rings (SSSR count). The molecule has 0 saturated heterocycles. The molecule has 0 unspecified atom stereocenters. The summed E-state index contributed by atoms with van der Waals surface area (Å²) in [5, 5.41) is 15.9. The molecule has 4 aromatic rings. The number of carbonyl (C=O) groups excluding carboxylic acids is 2. The molecule has 43 heavy (non-hydrogen) atoms. The van der Waals surface area contributed by atoms with Crippen LogP contribution in [0.4, 0.5) is 5.00 Å². The van der Waals surface area contributed by atoms with Crippen molar-refractivity contribution in [2.24, 2.45) is 0 Å². The minimum absolute atomic E-state index is 0.107. The molecule has 0 aliphatic heterocycles. The summed E-state index contributed by atoms with van der Waals surface area (Å²) in [7, 11) is 1.60. The molecule has 0 atom stereocenters. The summed E-state index contributed by atoms with van der Waals surface area (Å²) in [5.41, 5.74) is 3.74. The number of benzene rings is 2. The SMILES string of the molecule is C=CCn1c(COc2ccc(C)cc2OC)nnc1SCC(=O)Nc1sc2c(c1C(=O)NCc1ccccc1)CCCC2. The third kappa shape index (κ3) is 7.47. The molecule has 0 spiro atoms. The minimum atomic E-state index is -0.212. The number of hydrogen-bond acceptors (Lipinski definition) is 8. The number of aryl methyl sites for hydroxylation is 2. The van der Waals surface area contributed by atoms with Gasteiger partial charge >= 0.3 is 0 Å². The van der Waals surface area contributed by atoms with Crippen LogP contribution in [-0.2, 0) is 37.3 Å². The standard InChI is InChI=1S/C32H35N5O4S2/c1-4-16-37-27(19-41-24-15-14-21(2)17-25(24)40-3)35-36-32(37)42-20-28(38)34-31-29(23-12-8-9-13-26(23)43-31)30(39)33-18-22-10-6-5-7-11-22/h4-7,10-11,14-15,17H,1,8-9,12-13,16,18-20H2,2-3H3,(H,33,39)(H,34,38). The Balaban J connectivity index is 1.25. The summed E-state index contributed by atoms with van der Waals surface area (Å²) < 4.78 is 13.3. The van der Waals surface area contributed by atoms with E-state index in [1.54, 1.807) is 13.2 Å². The quantitative estimate of drug-likeness (QED) is 0.141. The first-order chi connectivity index (χ1) is 21.0. The second kappa shape index (κ2) is 14.4. The van der Waals surface area contributed by atoms with Crippen LogP contribution in [0, 0.1) is 6.92 Å². The molecule has 9 nitrogen and oxygen atoms in total. The Morgan fingerprint density at radius 3 is 2.72 bits per heavy atom. The number of carbonyl (C=O) groups is 2. The highest BCUT2D eigenvalue weighted by molar-refractivity contribution is 7.99. The number of allylic oxidation sites excluding steroid dienone is 1. The summed E-state index contributed by atoms with van der Waals surface area (Å²) in [5.74, 6) is 1.59. The van der Waals surface area contributed by atoms with Crippen LogP contribution >= 0.6 is 23.1 Å². The van der Waals surface area contributed by atoms with Crippen molar-refractivity contribution < 1.29 is 19.1 Å². The maximum atomic E-state index is 13.4. The number of aromatic nitrogens is 3. The summed E-state index contributed by atoms with van der Waals surface area (Å²) >= 11 is 2.79. The van der Waals surface area contributed by atoms with Crippen LogP contribution in [0.25, 0.3) is 0 Å². The molecule has 2 aromatic carbocycles. The Morgan fingerprint density at radius 2 is 1.93 bits per heavy atom. The Kier molecular flexibility index (Phi) is 10.2. The van der Waals surface area contributed by atoms with Crippen LogP contribution in [0.1, 0.15) is 50.6 Å². The lowest BCUT2D eigenvalue weighted by atomic mass is 9.95. The normalized spacial score (nSPS) is 12.3. The highest BCUT2D eigenvalue weighted by Gasteiger charge is 2.26. The van der Waals surface area contributed by atoms with Crippen molar-refractivity contribution in [3.05, 3.63) is 94.1 Å². The Bertz CT molecular complexity index is 1600. The highest BCUT2D eigenvalue weighted by Crippen LogP contribution is 2.38. The molecule has 0 radical (unpaired) electrons. The molecule has 1 aliphatic rings. The van der Waals surface area contributed by atoms with E-state index in [-0.39, 0.29) is 24.2 Å². The molecule has 224 valence electrons. The zero-order chi connectivity index (χ0) is 30.2. The molecule has 1 aliphatic carbocycles. The fraction of sp³-hybridized carbons (Fsp3) is 0.312. The summed E-state index contributed by atoms with van der Waals surface area (Å²) in [4.78, 5) is 27.7. The zero-order valence-electron chi connectivity index (χ0n) is 24.4. The van der Waals surface area contributed by atoms with Crippen molar-refractivity contribution in [1.29, 1.82) is 0 Å². The van der Waals surface area contributed by atoms with Crippen LogP contribution in [0.2, 0.25) is 0 Å². The van der Waals surface area contributed by atoms with Gasteiger partial charge in [-0.3, -0.25) is 14.2 Å². The maximum absolute atomic E-state index is 13.4. The van der Waals surface area contributed by atoms with Gasteiger partial charge in [0, 0.05) is 18.0 Å². The van der Waals surface area contributed by atoms with Gasteiger partial charge in [0.15, 0.2) is 22.5 Å². The molecular weight excluding hydrogens is 583 g/mol. The fourth-order valence-corrected chi connectivity index (χ4v) is 7.00. The van der Waals surface area contributed by atoms with Gasteiger partial charge in [-0.05, 0) is 61.4 Å². The lowest BCUT2D eigenvalue weighted by Crippen LogP contribution is -2.25. The number of hydrogen-bond donors (Lipinski definition) is 2. The van der Waals surface area contributed by atoms with Crippen molar-refractivity contribution >= 4 is 39.9 Å². The van der Waals surface area contributed by atoms with Crippen LogP contribution in [0.5, 0.6) is 11.5 Å². The highest BCUT2D eigenvalue weighted by atomic mass is 32.2. The first-order valence-corrected chi connectivity index (χ1v) is 16.0. The second-order valence-corrected chi connectivity index (χ2v) is 12.2. The Labute approximate surface area is 259 Å². The van der Waals surface area contributed by atoms with Gasteiger partial charge in [0.25, 0.3) is 5.91 Å². The summed E-state index contributed by atoms with van der Waals surface area (Å²) in [6.07, 6.45) is 5.64. The lowest BCUT2D eigenvalue weighted by molar-refractivity contribution is -0.113. The van der Waals surface area contributed by atoms with E-state index in [2.05, 4.69) is 27.4 Å². The van der Waals surface area contributed by atoms with Gasteiger partial charge in [-0.1, -0.05) is 54.2 Å². The van der Waals surface area contributed by atoms with Gasteiger partial charge in [0.1, 0.15) is 11.6 Å². The van der Waals surface area contributed by atoms with Gasteiger partial charge in [0.05, 0.1) is 18.4 Å². The number of rotatable bonds is 13. The predicted molar refractivity (Wildman–Crippen MR) is 170 cm³/mol. The first kappa shape index (κ1) is 30.4. The Hall–Kier alpha value is -4.09. The van der Waals surface area contributed by atoms with Gasteiger partial charge < -0.3 is 20.1 Å². The number of ether oxygens (including phenoxy) is 2. The number of nitrogens with zero attached hydrogens (tertiary/aromatic N) is 3. The molecule has 0 fully saturated rings. The van der Waals surface area contributed by atoms with Crippen molar-refractivity contribution in [3.8, 4) is 11.5 Å². The van der Waals surface area contributed by atoms with Crippen LogP contribution in [0.3, 0.4) is 0 Å². The zero-order valence-corrected chi connectivity index (χ0v) is 26.0. The van der Waals surface area contributed by atoms with Gasteiger partial charge in [-0.15, -0.1) is 28.1 Å². The molecular formula is C32H35N5O4S2. The van der Waals surface area contributed by atoms with E-state index in [0.717, 1.165) is 42.4 Å². The largest absolute Gasteiger partial charge is 0.493 e. The number of fused-ring (bicyclic) bond motifs is 1. The predicted octanol–water partition coefficient (Wildman–Crippen LogP) is 5.96. The van der Waals surface area contributed by atoms with E-state index in [1.165, 1.54) is 28.0 Å². The van der Waals surface area contributed by atoms with E-state index in [9.17, 15) is 9.59 Å². The van der Waals surface area contributed by atoms with Crippen molar-refractivity contribution in [3.63, 3.8) is 0 Å². The van der Waals surface area contributed by atoms with Gasteiger partial charge in [0.2, 0.25) is 5.91 Å². The van der Waals surface area contributed by atoms with E-state index in [0.29, 0.717) is 46.1 Å². The van der Waals surface area contributed by atoms with Crippen LogP contribution in [0.15, 0.2) is 66.3 Å². The number of methoxy groups -OCH3 is 1. The van der Waals surface area contributed by atoms with Crippen LogP contribution in [-0.4, -0.2) is 39.4 Å². The van der Waals surface area contributed by atoms with E-state index < -0.39 is 0 Å². The average molecular weight is 618 g/mol. The van der Waals surface area contributed by atoms with E-state index >= 15 is 0 Å². The minimum Gasteiger partial charge on any atom is -0.493 e. The van der Waals surface area contributed by atoms with Gasteiger partial charge in [-0.25, -0.2) is 0 Å². The smallest absolute Gasteiger partial charge is 0.254 e. The van der Waals surface area contributed by atoms with Crippen molar-refractivity contribution in [2.45, 2.75) is 57.5 Å². The molecule has 0 bridgehead atoms. The molecule has 2 heterocycles. The number of thioether (sulfide) groups is 1. The third-order valence-electron chi connectivity index (χ3n) is 7.06. The van der Waals surface area contributed by atoms with Crippen molar-refractivity contribution in [2.75, 3.05) is 18.2 Å². The molecule has 0 saturated carbocycles.